The zero-order valence-electron chi connectivity index (χ0n) is 17.0. The van der Waals surface area contributed by atoms with Crippen molar-refractivity contribution in [2.24, 2.45) is 11.8 Å². The number of rotatable bonds is 9. The molecule has 0 bridgehead atoms. The summed E-state index contributed by atoms with van der Waals surface area (Å²) in [4.78, 5) is 25.2. The minimum Gasteiger partial charge on any atom is -0.494 e. The number of nitrogens with zero attached hydrogens (tertiary/aromatic N) is 2. The molecule has 0 spiro atoms. The lowest BCUT2D eigenvalue weighted by molar-refractivity contribution is -0.118. The summed E-state index contributed by atoms with van der Waals surface area (Å²) in [6.07, 6.45) is 0.815. The summed E-state index contributed by atoms with van der Waals surface area (Å²) in [7, 11) is 0. The van der Waals surface area contributed by atoms with E-state index in [1.165, 1.54) is 11.3 Å². The van der Waals surface area contributed by atoms with Gasteiger partial charge in [0.15, 0.2) is 0 Å². The number of carbonyl (C=O) groups is 2. The first-order chi connectivity index (χ1) is 13.3. The monoisotopic (exact) mass is 404 g/mol. The Morgan fingerprint density at radius 1 is 1.11 bits per heavy atom. The van der Waals surface area contributed by atoms with Crippen LogP contribution in [-0.2, 0) is 11.2 Å². The number of ether oxygens (including phenoxy) is 1. The summed E-state index contributed by atoms with van der Waals surface area (Å²) >= 11 is 1.36. The van der Waals surface area contributed by atoms with Crippen LogP contribution < -0.4 is 15.4 Å². The third-order valence-electron chi connectivity index (χ3n) is 3.94. The van der Waals surface area contributed by atoms with Gasteiger partial charge in [0.05, 0.1) is 6.61 Å². The molecule has 7 nitrogen and oxygen atoms in total. The van der Waals surface area contributed by atoms with E-state index < -0.39 is 6.04 Å². The highest BCUT2D eigenvalue weighted by Gasteiger charge is 2.25. The Hall–Kier alpha value is -2.48. The fourth-order valence-corrected chi connectivity index (χ4v) is 3.50. The second-order valence-electron chi connectivity index (χ2n) is 7.24. The summed E-state index contributed by atoms with van der Waals surface area (Å²) in [5.41, 5.74) is 0.469. The van der Waals surface area contributed by atoms with Crippen molar-refractivity contribution in [1.29, 1.82) is 0 Å². The number of carbonyl (C=O) groups excluding carboxylic acids is 2. The van der Waals surface area contributed by atoms with Crippen LogP contribution in [0.5, 0.6) is 5.75 Å². The van der Waals surface area contributed by atoms with Crippen LogP contribution >= 0.6 is 11.3 Å². The number of hydrogen-bond acceptors (Lipinski definition) is 6. The average molecular weight is 405 g/mol. The molecule has 1 aromatic carbocycles. The highest BCUT2D eigenvalue weighted by atomic mass is 32.1. The molecule has 152 valence electrons. The molecule has 1 atom stereocenters. The van der Waals surface area contributed by atoms with E-state index in [0.29, 0.717) is 29.0 Å². The smallest absolute Gasteiger partial charge is 0.251 e. The van der Waals surface area contributed by atoms with Gasteiger partial charge in [-0.25, -0.2) is 0 Å². The Bertz CT molecular complexity index is 787. The highest BCUT2D eigenvalue weighted by Crippen LogP contribution is 2.19. The van der Waals surface area contributed by atoms with E-state index in [2.05, 4.69) is 34.7 Å². The van der Waals surface area contributed by atoms with E-state index >= 15 is 0 Å². The molecule has 0 aliphatic carbocycles. The molecule has 8 heteroatoms. The van der Waals surface area contributed by atoms with E-state index in [0.717, 1.165) is 11.4 Å². The molecular formula is C20H28N4O3S. The lowest BCUT2D eigenvalue weighted by Gasteiger charge is -2.21. The quantitative estimate of drug-likeness (QED) is 0.667. The van der Waals surface area contributed by atoms with Crippen molar-refractivity contribution >= 4 is 28.3 Å². The van der Waals surface area contributed by atoms with E-state index in [1.54, 1.807) is 24.3 Å². The van der Waals surface area contributed by atoms with Gasteiger partial charge in [0.2, 0.25) is 11.0 Å². The molecule has 1 unspecified atom stereocenters. The average Bonchev–Trinajstić information content (AvgIpc) is 3.06. The van der Waals surface area contributed by atoms with Crippen LogP contribution in [0.3, 0.4) is 0 Å². The molecule has 0 radical (unpaired) electrons. The summed E-state index contributed by atoms with van der Waals surface area (Å²) < 4.78 is 5.38. The zero-order valence-corrected chi connectivity index (χ0v) is 17.8. The van der Waals surface area contributed by atoms with Crippen molar-refractivity contribution in [3.8, 4) is 5.75 Å². The fraction of sp³-hybridized carbons (Fsp3) is 0.500. The Labute approximate surface area is 169 Å². The molecule has 0 saturated heterocycles. The Morgan fingerprint density at radius 3 is 2.36 bits per heavy atom. The SMILES string of the molecule is CCOc1ccc(C(=O)NC(C(=O)Nc2nnc(CC(C)C)s2)C(C)C)cc1. The topological polar surface area (TPSA) is 93.2 Å². The largest absolute Gasteiger partial charge is 0.494 e. The molecule has 2 N–H and O–H groups in total. The van der Waals surface area contributed by atoms with Crippen molar-refractivity contribution in [2.45, 2.75) is 47.1 Å². The molecule has 0 aliphatic heterocycles. The van der Waals surface area contributed by atoms with Gasteiger partial charge in [0, 0.05) is 12.0 Å². The van der Waals surface area contributed by atoms with Crippen LogP contribution in [0.4, 0.5) is 5.13 Å². The predicted octanol–water partition coefficient (Wildman–Crippen LogP) is 3.53. The molecule has 0 saturated carbocycles. The highest BCUT2D eigenvalue weighted by molar-refractivity contribution is 7.15. The molecule has 1 heterocycles. The van der Waals surface area contributed by atoms with Crippen molar-refractivity contribution in [3.05, 3.63) is 34.8 Å². The van der Waals surface area contributed by atoms with Crippen LogP contribution in [-0.4, -0.2) is 34.7 Å². The maximum absolute atomic E-state index is 12.7. The second-order valence-corrected chi connectivity index (χ2v) is 8.30. The lowest BCUT2D eigenvalue weighted by Crippen LogP contribution is -2.47. The van der Waals surface area contributed by atoms with E-state index in [1.807, 2.05) is 20.8 Å². The van der Waals surface area contributed by atoms with Crippen molar-refractivity contribution in [2.75, 3.05) is 11.9 Å². The normalized spacial score (nSPS) is 12.1. The molecule has 1 aromatic heterocycles. The third kappa shape index (κ3) is 6.30. The zero-order chi connectivity index (χ0) is 20.7. The van der Waals surface area contributed by atoms with E-state index in [4.69, 9.17) is 4.74 Å². The number of benzene rings is 1. The van der Waals surface area contributed by atoms with Gasteiger partial charge in [-0.2, -0.15) is 0 Å². The Balaban J connectivity index is 2.02. The Morgan fingerprint density at radius 2 is 1.79 bits per heavy atom. The molecule has 0 aliphatic rings. The molecule has 0 fully saturated rings. The van der Waals surface area contributed by atoms with E-state index in [9.17, 15) is 9.59 Å². The van der Waals surface area contributed by atoms with Crippen molar-refractivity contribution < 1.29 is 14.3 Å². The minimum atomic E-state index is -0.684. The maximum atomic E-state index is 12.7. The first-order valence-electron chi connectivity index (χ1n) is 9.47. The standard InChI is InChI=1S/C20H28N4O3S/c1-6-27-15-9-7-14(8-10-15)18(25)21-17(13(4)5)19(26)22-20-24-23-16(28-20)11-12(2)3/h7-10,12-13,17H,6,11H2,1-5H3,(H,21,25)(H,22,24,26). The molecule has 2 rings (SSSR count). The van der Waals surface area contributed by atoms with E-state index in [-0.39, 0.29) is 17.7 Å². The lowest BCUT2D eigenvalue weighted by atomic mass is 10.0. The van der Waals surface area contributed by atoms with Gasteiger partial charge in [-0.3, -0.25) is 14.9 Å². The van der Waals surface area contributed by atoms with Gasteiger partial charge in [0.25, 0.3) is 5.91 Å². The summed E-state index contributed by atoms with van der Waals surface area (Å²) in [5, 5.41) is 15.0. The number of hydrogen-bond donors (Lipinski definition) is 2. The molecule has 2 aromatic rings. The Kier molecular flexibility index (Phi) is 7.92. The summed E-state index contributed by atoms with van der Waals surface area (Å²) in [6, 6.07) is 6.15. The van der Waals surface area contributed by atoms with Crippen LogP contribution in [0.25, 0.3) is 0 Å². The van der Waals surface area contributed by atoms with Gasteiger partial charge in [-0.15, -0.1) is 10.2 Å². The minimum absolute atomic E-state index is 0.0882. The van der Waals surface area contributed by atoms with Crippen LogP contribution in [0.15, 0.2) is 24.3 Å². The van der Waals surface area contributed by atoms with Crippen LogP contribution in [0, 0.1) is 11.8 Å². The van der Waals surface area contributed by atoms with Crippen LogP contribution in [0.1, 0.15) is 50.0 Å². The van der Waals surface area contributed by atoms with Crippen LogP contribution in [0.2, 0.25) is 0 Å². The number of amides is 2. The summed E-state index contributed by atoms with van der Waals surface area (Å²) in [6.45, 7) is 10.4. The van der Waals surface area contributed by atoms with Gasteiger partial charge in [-0.05, 0) is 43.0 Å². The number of nitrogens with one attached hydrogen (secondary N) is 2. The van der Waals surface area contributed by atoms with Gasteiger partial charge >= 0.3 is 0 Å². The summed E-state index contributed by atoms with van der Waals surface area (Å²) in [5.74, 6) is 0.463. The maximum Gasteiger partial charge on any atom is 0.251 e. The first-order valence-corrected chi connectivity index (χ1v) is 10.3. The molecule has 2 amide bonds. The molecule has 28 heavy (non-hydrogen) atoms. The van der Waals surface area contributed by atoms with Crippen molar-refractivity contribution in [3.63, 3.8) is 0 Å². The second kappa shape index (κ2) is 10.2. The predicted molar refractivity (Wildman–Crippen MR) is 111 cm³/mol. The number of anilines is 1. The van der Waals surface area contributed by atoms with Gasteiger partial charge < -0.3 is 10.1 Å². The third-order valence-corrected chi connectivity index (χ3v) is 4.80. The van der Waals surface area contributed by atoms with Crippen molar-refractivity contribution in [1.82, 2.24) is 15.5 Å². The fourth-order valence-electron chi connectivity index (χ4n) is 2.55. The van der Waals surface area contributed by atoms with Gasteiger partial charge in [-0.1, -0.05) is 39.0 Å². The molecular weight excluding hydrogens is 376 g/mol. The number of aromatic nitrogens is 2. The van der Waals surface area contributed by atoms with Gasteiger partial charge in [0.1, 0.15) is 16.8 Å². The first kappa shape index (κ1) is 21.8.